The molecule has 5 nitrogen and oxygen atoms in total. The van der Waals surface area contributed by atoms with E-state index in [0.29, 0.717) is 36.5 Å². The summed E-state index contributed by atoms with van der Waals surface area (Å²) in [5, 5.41) is 31.6. The average molecular weight is 378 g/mol. The summed E-state index contributed by atoms with van der Waals surface area (Å²) in [6.07, 6.45) is 7.50. The number of aliphatic hydroxyl groups excluding tert-OH is 2. The fourth-order valence-electron chi connectivity index (χ4n) is 7.12. The lowest BCUT2D eigenvalue weighted by molar-refractivity contribution is -0.108. The summed E-state index contributed by atoms with van der Waals surface area (Å²) in [6.45, 7) is 3.06. The van der Waals surface area contributed by atoms with Gasteiger partial charge in [-0.1, -0.05) is 6.92 Å². The Hall–Kier alpha value is -0.880. The number of fused-ring (bicyclic) bond motifs is 1. The minimum absolute atomic E-state index is 0.00831. The molecule has 0 aliphatic heterocycles. The molecule has 152 valence electrons. The Balaban J connectivity index is 1.60. The Bertz CT molecular complexity index is 634. The molecule has 1 aromatic heterocycles. The highest BCUT2D eigenvalue weighted by molar-refractivity contribution is 5.17. The molecule has 1 heterocycles. The first kappa shape index (κ1) is 19.4. The highest BCUT2D eigenvalue weighted by Gasteiger charge is 2.58. The Morgan fingerprint density at radius 1 is 1.19 bits per heavy atom. The number of aliphatic hydroxyl groups is 3. The van der Waals surface area contributed by atoms with Crippen LogP contribution in [0.4, 0.5) is 0 Å². The minimum Gasteiger partial charge on any atom is -0.466 e. The zero-order chi connectivity index (χ0) is 19.2. The van der Waals surface area contributed by atoms with Crippen LogP contribution >= 0.6 is 0 Å². The number of furan rings is 1. The second-order valence-corrected chi connectivity index (χ2v) is 9.61. The number of rotatable bonds is 4. The molecule has 3 aliphatic rings. The summed E-state index contributed by atoms with van der Waals surface area (Å²) in [5.74, 6) is 2.20. The maximum Gasteiger partial charge on any atom is 0.135 e. The van der Waals surface area contributed by atoms with Crippen molar-refractivity contribution in [3.8, 4) is 0 Å². The molecule has 27 heavy (non-hydrogen) atoms. The summed E-state index contributed by atoms with van der Waals surface area (Å²) in [6, 6.07) is 3.75. The Morgan fingerprint density at radius 2 is 1.96 bits per heavy atom. The fourth-order valence-corrected chi connectivity index (χ4v) is 7.12. The van der Waals surface area contributed by atoms with Gasteiger partial charge in [0.2, 0.25) is 0 Å². The van der Waals surface area contributed by atoms with Gasteiger partial charge in [0, 0.05) is 6.61 Å². The lowest BCUT2D eigenvalue weighted by Crippen LogP contribution is -2.52. The van der Waals surface area contributed by atoms with Crippen molar-refractivity contribution in [3.63, 3.8) is 0 Å². The van der Waals surface area contributed by atoms with E-state index in [1.807, 2.05) is 12.1 Å². The van der Waals surface area contributed by atoms with Gasteiger partial charge in [-0.05, 0) is 98.6 Å². The van der Waals surface area contributed by atoms with E-state index in [4.69, 9.17) is 10.2 Å². The second kappa shape index (κ2) is 7.18. The number of nitrogens with two attached hydrogens (primary N) is 1. The van der Waals surface area contributed by atoms with E-state index in [2.05, 4.69) is 6.92 Å². The van der Waals surface area contributed by atoms with Crippen LogP contribution in [0.1, 0.15) is 57.6 Å². The van der Waals surface area contributed by atoms with Crippen LogP contribution in [-0.2, 0) is 5.60 Å². The van der Waals surface area contributed by atoms with Crippen molar-refractivity contribution in [2.24, 2.45) is 40.7 Å². The van der Waals surface area contributed by atoms with Crippen molar-refractivity contribution in [2.75, 3.05) is 13.2 Å². The summed E-state index contributed by atoms with van der Waals surface area (Å²) in [5.41, 5.74) is 5.46. The van der Waals surface area contributed by atoms with Crippen molar-refractivity contribution in [1.82, 2.24) is 0 Å². The molecule has 0 spiro atoms. The Kier molecular flexibility index (Phi) is 5.17. The Labute approximate surface area is 161 Å². The van der Waals surface area contributed by atoms with E-state index in [0.717, 1.165) is 38.5 Å². The standard InChI is InChI=1S/C22H35NO4/c1-21(8-6-15(25)11-14(21)13-24)18-4-5-19-16(17(18)12-23)7-9-22(19,26)20-3-2-10-27-20/h2-3,10,14-19,24-26H,4-9,11-13,23H2,1H3/t14-,15+,16+,17+,18+,19+,21+,22+/m1/s1. The van der Waals surface area contributed by atoms with Gasteiger partial charge >= 0.3 is 0 Å². The molecule has 3 saturated carbocycles. The first-order chi connectivity index (χ1) is 12.9. The van der Waals surface area contributed by atoms with E-state index < -0.39 is 5.60 Å². The second-order valence-electron chi connectivity index (χ2n) is 9.61. The topological polar surface area (TPSA) is 99.9 Å². The molecule has 3 aliphatic carbocycles. The fraction of sp³-hybridized carbons (Fsp3) is 0.818. The summed E-state index contributed by atoms with van der Waals surface area (Å²) in [7, 11) is 0. The van der Waals surface area contributed by atoms with Gasteiger partial charge in [0.05, 0.1) is 12.4 Å². The van der Waals surface area contributed by atoms with Gasteiger partial charge in [0.15, 0.2) is 0 Å². The number of hydrogen-bond donors (Lipinski definition) is 4. The van der Waals surface area contributed by atoms with Gasteiger partial charge in [-0.3, -0.25) is 0 Å². The molecular weight excluding hydrogens is 342 g/mol. The molecule has 3 fully saturated rings. The highest BCUT2D eigenvalue weighted by atomic mass is 16.4. The first-order valence-corrected chi connectivity index (χ1v) is 10.7. The van der Waals surface area contributed by atoms with E-state index in [-0.39, 0.29) is 30.0 Å². The van der Waals surface area contributed by atoms with Gasteiger partial charge in [0.25, 0.3) is 0 Å². The lowest BCUT2D eigenvalue weighted by Gasteiger charge is -2.54. The van der Waals surface area contributed by atoms with Crippen LogP contribution in [0, 0.1) is 35.0 Å². The predicted octanol–water partition coefficient (Wildman–Crippen LogP) is 2.64. The van der Waals surface area contributed by atoms with Crippen molar-refractivity contribution >= 4 is 0 Å². The summed E-state index contributed by atoms with van der Waals surface area (Å²) >= 11 is 0. The largest absolute Gasteiger partial charge is 0.466 e. The molecule has 0 amide bonds. The highest BCUT2D eigenvalue weighted by Crippen LogP contribution is 2.61. The van der Waals surface area contributed by atoms with Crippen LogP contribution in [0.15, 0.2) is 22.8 Å². The third kappa shape index (κ3) is 2.98. The molecule has 0 saturated heterocycles. The third-order valence-corrected chi connectivity index (χ3v) is 8.64. The smallest absolute Gasteiger partial charge is 0.135 e. The van der Waals surface area contributed by atoms with E-state index in [9.17, 15) is 15.3 Å². The van der Waals surface area contributed by atoms with Gasteiger partial charge in [-0.2, -0.15) is 0 Å². The van der Waals surface area contributed by atoms with Crippen molar-refractivity contribution < 1.29 is 19.7 Å². The lowest BCUT2D eigenvalue weighted by atomic mass is 9.51. The van der Waals surface area contributed by atoms with Gasteiger partial charge in [-0.15, -0.1) is 0 Å². The van der Waals surface area contributed by atoms with Crippen molar-refractivity contribution in [2.45, 2.75) is 63.6 Å². The van der Waals surface area contributed by atoms with Gasteiger partial charge in [0.1, 0.15) is 11.4 Å². The van der Waals surface area contributed by atoms with E-state index >= 15 is 0 Å². The predicted molar refractivity (Wildman–Crippen MR) is 103 cm³/mol. The van der Waals surface area contributed by atoms with Crippen LogP contribution in [0.5, 0.6) is 0 Å². The normalized spacial score (nSPS) is 47.7. The molecule has 0 unspecified atom stereocenters. The molecule has 0 aromatic carbocycles. The third-order valence-electron chi connectivity index (χ3n) is 8.64. The van der Waals surface area contributed by atoms with Crippen molar-refractivity contribution in [3.05, 3.63) is 24.2 Å². The van der Waals surface area contributed by atoms with E-state index in [1.165, 1.54) is 0 Å². The average Bonchev–Trinajstić information content (AvgIpc) is 3.32. The van der Waals surface area contributed by atoms with Crippen molar-refractivity contribution in [1.29, 1.82) is 0 Å². The minimum atomic E-state index is -0.868. The molecule has 1 aromatic rings. The van der Waals surface area contributed by atoms with Crippen LogP contribution in [0.25, 0.3) is 0 Å². The molecule has 5 heteroatoms. The SMILES string of the molecule is C[C@]1([C@H]2CC[C@H]3[C@@H](CC[C@@]3(O)c3ccco3)[C@@H]2CN)CC[C@H](O)C[C@@H]1CO. The van der Waals surface area contributed by atoms with Crippen LogP contribution in [0.3, 0.4) is 0 Å². The maximum absolute atomic E-state index is 11.4. The Morgan fingerprint density at radius 3 is 2.63 bits per heavy atom. The molecule has 5 N–H and O–H groups in total. The van der Waals surface area contributed by atoms with Gasteiger partial charge < -0.3 is 25.5 Å². The quantitative estimate of drug-likeness (QED) is 0.646. The molecule has 0 radical (unpaired) electrons. The number of hydrogen-bond acceptors (Lipinski definition) is 5. The monoisotopic (exact) mass is 377 g/mol. The molecular formula is C22H35NO4. The maximum atomic E-state index is 11.4. The molecule has 4 rings (SSSR count). The summed E-state index contributed by atoms with van der Waals surface area (Å²) in [4.78, 5) is 0. The van der Waals surface area contributed by atoms with Crippen LogP contribution in [-0.4, -0.2) is 34.6 Å². The molecule has 8 atom stereocenters. The van der Waals surface area contributed by atoms with Crippen LogP contribution < -0.4 is 5.73 Å². The zero-order valence-corrected chi connectivity index (χ0v) is 16.4. The first-order valence-electron chi connectivity index (χ1n) is 10.7. The summed E-state index contributed by atoms with van der Waals surface area (Å²) < 4.78 is 5.61. The zero-order valence-electron chi connectivity index (χ0n) is 16.4. The van der Waals surface area contributed by atoms with E-state index in [1.54, 1.807) is 6.26 Å². The van der Waals surface area contributed by atoms with Crippen LogP contribution in [0.2, 0.25) is 0 Å². The molecule has 0 bridgehead atoms. The van der Waals surface area contributed by atoms with Gasteiger partial charge in [-0.25, -0.2) is 0 Å².